The van der Waals surface area contributed by atoms with E-state index >= 15 is 8.78 Å². The smallest absolute Gasteiger partial charge is 0.265 e. The molecule has 14 nitrogen and oxygen atoms in total. The van der Waals surface area contributed by atoms with Crippen LogP contribution in [0.15, 0.2) is 77.9 Å². The molecule has 0 aliphatic carbocycles. The Morgan fingerprint density at radius 1 is 0.785 bits per heavy atom. The zero-order chi connectivity index (χ0) is 44.9. The summed E-state index contributed by atoms with van der Waals surface area (Å²) in [6.07, 6.45) is 3.18. The number of amides is 3. The van der Waals surface area contributed by atoms with Crippen LogP contribution in [-0.2, 0) is 16.1 Å². The predicted molar refractivity (Wildman–Crippen MR) is 236 cm³/mol. The van der Waals surface area contributed by atoms with Gasteiger partial charge in [0.1, 0.15) is 41.7 Å². The maximum atomic E-state index is 15.9. The van der Waals surface area contributed by atoms with E-state index in [4.69, 9.17) is 4.74 Å². The predicted octanol–water partition coefficient (Wildman–Crippen LogP) is 5.68. The highest BCUT2D eigenvalue weighted by atomic mass is 19.1. The van der Waals surface area contributed by atoms with E-state index in [0.29, 0.717) is 67.4 Å². The van der Waals surface area contributed by atoms with Crippen molar-refractivity contribution >= 4 is 45.7 Å². The van der Waals surface area contributed by atoms with Crippen molar-refractivity contribution < 1.29 is 32.3 Å². The number of aromatic nitrogens is 2. The van der Waals surface area contributed by atoms with Gasteiger partial charge in [-0.2, -0.15) is 5.26 Å². The average molecular weight is 886 g/mol. The summed E-state index contributed by atoms with van der Waals surface area (Å²) in [6.45, 7) is 6.39. The molecule has 4 aromatic carbocycles. The first-order chi connectivity index (χ1) is 31.5. The largest absolute Gasteiger partial charge is 0.453 e. The molecule has 5 aliphatic heterocycles. The number of benzene rings is 4. The van der Waals surface area contributed by atoms with E-state index in [1.807, 2.05) is 23.1 Å². The highest BCUT2D eigenvalue weighted by molar-refractivity contribution is 6.05. The number of anilines is 3. The molecule has 17 heteroatoms. The van der Waals surface area contributed by atoms with Crippen LogP contribution in [0, 0.1) is 28.9 Å². The number of piperazine rings is 1. The Kier molecular flexibility index (Phi) is 11.1. The lowest BCUT2D eigenvalue weighted by atomic mass is 9.95. The number of nitrogens with one attached hydrogen (secondary N) is 1. The van der Waals surface area contributed by atoms with Gasteiger partial charge in [0.15, 0.2) is 11.6 Å². The van der Waals surface area contributed by atoms with E-state index in [-0.39, 0.29) is 52.9 Å². The number of halogens is 3. The van der Waals surface area contributed by atoms with Gasteiger partial charge in [0, 0.05) is 89.2 Å². The van der Waals surface area contributed by atoms with E-state index in [1.54, 1.807) is 28.0 Å². The van der Waals surface area contributed by atoms with Crippen molar-refractivity contribution in [3.05, 3.63) is 112 Å². The molecule has 4 fully saturated rings. The summed E-state index contributed by atoms with van der Waals surface area (Å²) in [7, 11) is 0. The fourth-order valence-electron chi connectivity index (χ4n) is 9.99. The van der Waals surface area contributed by atoms with Crippen LogP contribution in [0.3, 0.4) is 0 Å². The minimum Gasteiger partial charge on any atom is -0.453 e. The standard InChI is InChI=1S/C48H46F3N9O5/c49-31-13-16-58(27-31)41-8-5-38(50)45(37(41)24-52)65-34-3-6-40-36(23-34)48(64)60(28-53-40)33-2-7-42(39(51)22-33)57-19-17-55(18-20-57)25-29-11-14-56(15-12-29)32-1-4-35-30(21-32)26-59(47(35)63)43-9-10-44(61)54-46(43)62/h1-8,21-23,28-29,31,43H,9-20,25-27H2,(H,54,61,62)/t31-,43?/m1/s1. The lowest BCUT2D eigenvalue weighted by Crippen LogP contribution is -2.52. The van der Waals surface area contributed by atoms with Gasteiger partial charge in [0.05, 0.1) is 28.0 Å². The van der Waals surface area contributed by atoms with Gasteiger partial charge < -0.3 is 24.3 Å². The van der Waals surface area contributed by atoms with Crippen molar-refractivity contribution in [3.8, 4) is 23.3 Å². The quantitative estimate of drug-likeness (QED) is 0.183. The molecule has 5 aromatic rings. The SMILES string of the molecule is N#Cc1c(N2CC[C@@H](F)C2)ccc(F)c1Oc1ccc2ncn(-c3ccc(N4CCN(CC5CCN(c6ccc7c(c6)CN(C6CCC(=O)NC6=O)C7=O)CC5)CC4)c(F)c3)c(=O)c2c1. The highest BCUT2D eigenvalue weighted by Gasteiger charge is 2.39. The summed E-state index contributed by atoms with van der Waals surface area (Å²) in [5.74, 6) is -1.86. The molecule has 65 heavy (non-hydrogen) atoms. The van der Waals surface area contributed by atoms with Gasteiger partial charge in [-0.15, -0.1) is 0 Å². The molecule has 0 spiro atoms. The number of carbonyl (C=O) groups excluding carboxylic acids is 3. The Bertz CT molecular complexity index is 2830. The Hall–Kier alpha value is -6.93. The first kappa shape index (κ1) is 42.0. The lowest BCUT2D eigenvalue weighted by molar-refractivity contribution is -0.136. The number of alkyl halides is 1. The number of nitrogens with zero attached hydrogens (tertiary/aromatic N) is 8. The second-order valence-corrected chi connectivity index (χ2v) is 17.5. The Balaban J connectivity index is 0.745. The summed E-state index contributed by atoms with van der Waals surface area (Å²) < 4.78 is 52.1. The number of hydrogen-bond acceptors (Lipinski definition) is 11. The number of piperidine rings is 2. The summed E-state index contributed by atoms with van der Waals surface area (Å²) in [6, 6.07) is 19.0. The van der Waals surface area contributed by atoms with Crippen LogP contribution in [0.1, 0.15) is 53.6 Å². The van der Waals surface area contributed by atoms with Gasteiger partial charge in [0.25, 0.3) is 11.5 Å². The van der Waals surface area contributed by atoms with Gasteiger partial charge in [-0.3, -0.25) is 34.0 Å². The number of ether oxygens (including phenoxy) is 1. The molecular weight excluding hydrogens is 840 g/mol. The van der Waals surface area contributed by atoms with Crippen molar-refractivity contribution in [3.63, 3.8) is 0 Å². The fraction of sp³-hybridized carbons (Fsp3) is 0.375. The van der Waals surface area contributed by atoms with E-state index in [1.165, 1.54) is 41.2 Å². The topological polar surface area (TPSA) is 147 Å². The average Bonchev–Trinajstić information content (AvgIpc) is 3.89. The van der Waals surface area contributed by atoms with Crippen LogP contribution in [0.5, 0.6) is 11.5 Å². The van der Waals surface area contributed by atoms with Crippen molar-refractivity contribution in [2.45, 2.75) is 50.9 Å². The van der Waals surface area contributed by atoms with Crippen LogP contribution >= 0.6 is 0 Å². The molecule has 3 amide bonds. The summed E-state index contributed by atoms with van der Waals surface area (Å²) in [4.78, 5) is 65.6. The zero-order valence-electron chi connectivity index (χ0n) is 35.5. The van der Waals surface area contributed by atoms with E-state index in [9.17, 15) is 28.8 Å². The molecule has 334 valence electrons. The number of nitriles is 1. The fourth-order valence-corrected chi connectivity index (χ4v) is 9.99. The minimum atomic E-state index is -1.05. The van der Waals surface area contributed by atoms with Gasteiger partial charge in [0.2, 0.25) is 11.8 Å². The molecule has 1 unspecified atom stereocenters. The third-order valence-corrected chi connectivity index (χ3v) is 13.5. The van der Waals surface area contributed by atoms with Crippen LogP contribution < -0.4 is 30.3 Å². The van der Waals surface area contributed by atoms with Crippen molar-refractivity contribution in [1.29, 1.82) is 5.26 Å². The first-order valence-corrected chi connectivity index (χ1v) is 22.1. The number of fused-ring (bicyclic) bond motifs is 2. The van der Waals surface area contributed by atoms with Crippen LogP contribution in [0.2, 0.25) is 0 Å². The number of carbonyl (C=O) groups is 3. The highest BCUT2D eigenvalue weighted by Crippen LogP contribution is 2.37. The van der Waals surface area contributed by atoms with Gasteiger partial charge in [-0.05, 0) is 97.8 Å². The van der Waals surface area contributed by atoms with Gasteiger partial charge >= 0.3 is 0 Å². The zero-order valence-corrected chi connectivity index (χ0v) is 35.5. The van der Waals surface area contributed by atoms with Crippen molar-refractivity contribution in [2.24, 2.45) is 5.92 Å². The third-order valence-electron chi connectivity index (χ3n) is 13.5. The molecule has 2 atom stereocenters. The molecular formula is C48H46F3N9O5. The number of hydrogen-bond donors (Lipinski definition) is 1. The summed E-state index contributed by atoms with van der Waals surface area (Å²) >= 11 is 0. The number of imide groups is 1. The van der Waals surface area contributed by atoms with Crippen molar-refractivity contribution in [1.82, 2.24) is 24.7 Å². The molecule has 1 N–H and O–H groups in total. The monoisotopic (exact) mass is 885 g/mol. The molecule has 0 bridgehead atoms. The Labute approximate surface area is 372 Å². The van der Waals surface area contributed by atoms with Gasteiger partial charge in [-0.25, -0.2) is 18.2 Å². The lowest BCUT2D eigenvalue weighted by Gasteiger charge is -2.40. The maximum Gasteiger partial charge on any atom is 0.265 e. The van der Waals surface area contributed by atoms with E-state index in [0.717, 1.165) is 56.8 Å². The summed E-state index contributed by atoms with van der Waals surface area (Å²) in [5, 5.41) is 12.5. The molecule has 6 heterocycles. The maximum absolute atomic E-state index is 15.9. The van der Waals surface area contributed by atoms with Crippen LogP contribution in [0.4, 0.5) is 30.2 Å². The Morgan fingerprint density at radius 2 is 1.55 bits per heavy atom. The normalized spacial score (nSPS) is 20.7. The molecule has 0 saturated carbocycles. The van der Waals surface area contributed by atoms with Gasteiger partial charge in [-0.1, -0.05) is 0 Å². The molecule has 5 aliphatic rings. The Morgan fingerprint density at radius 3 is 2.29 bits per heavy atom. The van der Waals surface area contributed by atoms with Crippen LogP contribution in [-0.4, -0.2) is 108 Å². The molecule has 10 rings (SSSR count). The van der Waals surface area contributed by atoms with E-state index < -0.39 is 35.3 Å². The molecule has 1 aromatic heterocycles. The van der Waals surface area contributed by atoms with Crippen molar-refractivity contribution in [2.75, 3.05) is 73.6 Å². The minimum absolute atomic E-state index is 0.0744. The third kappa shape index (κ3) is 8.11. The number of rotatable bonds is 9. The molecule has 0 radical (unpaired) electrons. The second-order valence-electron chi connectivity index (χ2n) is 17.5. The first-order valence-electron chi connectivity index (χ1n) is 22.1. The second kappa shape index (κ2) is 17.2. The van der Waals surface area contributed by atoms with Crippen LogP contribution in [0.25, 0.3) is 16.6 Å². The summed E-state index contributed by atoms with van der Waals surface area (Å²) in [5.41, 5.74) is 3.45. The van der Waals surface area contributed by atoms with E-state index in [2.05, 4.69) is 26.2 Å². The molecule has 4 saturated heterocycles.